The number of aromatic carboxylic acids is 1. The van der Waals surface area contributed by atoms with Crippen LogP contribution in [0.2, 0.25) is 0 Å². The number of carbonyl (C=O) groups is 1. The third kappa shape index (κ3) is 5.75. The predicted molar refractivity (Wildman–Crippen MR) is 168 cm³/mol. The summed E-state index contributed by atoms with van der Waals surface area (Å²) in [7, 11) is 0. The molecule has 46 heavy (non-hydrogen) atoms. The van der Waals surface area contributed by atoms with Crippen molar-refractivity contribution in [2.24, 2.45) is 0 Å². The number of halogens is 2. The molecule has 3 aliphatic rings. The van der Waals surface area contributed by atoms with Gasteiger partial charge >= 0.3 is 5.97 Å². The average Bonchev–Trinajstić information content (AvgIpc) is 3.39. The summed E-state index contributed by atoms with van der Waals surface area (Å²) in [5.41, 5.74) is 2.86. The van der Waals surface area contributed by atoms with Crippen molar-refractivity contribution in [3.63, 3.8) is 0 Å². The summed E-state index contributed by atoms with van der Waals surface area (Å²) < 4.78 is 44.1. The predicted octanol–water partition coefficient (Wildman–Crippen LogP) is 6.96. The van der Waals surface area contributed by atoms with Crippen molar-refractivity contribution in [3.05, 3.63) is 94.2 Å². The lowest BCUT2D eigenvalue weighted by molar-refractivity contribution is 0.00921. The summed E-state index contributed by atoms with van der Waals surface area (Å²) in [6, 6.07) is 14.7. The molecule has 7 rings (SSSR count). The van der Waals surface area contributed by atoms with Crippen LogP contribution >= 0.6 is 11.8 Å². The molecule has 0 spiro atoms. The molecule has 0 amide bonds. The van der Waals surface area contributed by atoms with Crippen LogP contribution in [0.5, 0.6) is 5.75 Å². The number of hydrogen-bond acceptors (Lipinski definition) is 8. The lowest BCUT2D eigenvalue weighted by Gasteiger charge is -2.34. The molecule has 9 nitrogen and oxygen atoms in total. The van der Waals surface area contributed by atoms with Gasteiger partial charge in [0.05, 0.1) is 35.7 Å². The third-order valence-electron chi connectivity index (χ3n) is 8.87. The lowest BCUT2D eigenvalue weighted by Crippen LogP contribution is -2.34. The summed E-state index contributed by atoms with van der Waals surface area (Å²) >= 11 is 1.67. The van der Waals surface area contributed by atoms with Crippen molar-refractivity contribution in [3.8, 4) is 11.8 Å². The summed E-state index contributed by atoms with van der Waals surface area (Å²) in [5.74, 6) is -0.824. The number of fused-ring (bicyclic) bond motifs is 2. The topological polar surface area (TPSA) is 114 Å². The number of para-hydroxylation sites is 1. The van der Waals surface area contributed by atoms with E-state index in [-0.39, 0.29) is 33.5 Å². The smallest absolute Gasteiger partial charge is 0.354 e. The van der Waals surface area contributed by atoms with Crippen molar-refractivity contribution in [2.75, 3.05) is 19.7 Å². The fourth-order valence-corrected chi connectivity index (χ4v) is 7.59. The zero-order valence-electron chi connectivity index (χ0n) is 25.0. The Balaban J connectivity index is 1.10. The Morgan fingerprint density at radius 2 is 1.93 bits per heavy atom. The lowest BCUT2D eigenvalue weighted by atomic mass is 9.86. The molecule has 0 saturated carbocycles. The number of aromatic nitrogens is 3. The van der Waals surface area contributed by atoms with Crippen molar-refractivity contribution in [2.45, 2.75) is 55.6 Å². The van der Waals surface area contributed by atoms with Crippen LogP contribution in [0.1, 0.15) is 82.1 Å². The molecule has 0 aliphatic carbocycles. The standard InChI is InChI=1S/C34H31F2N5O4S/c1-19(46-31-11-14-44-31)41-30(38-27-7-8-28(34(42)43)39-33(27)41)18-40-12-9-21(10-13-40)22-3-2-4-24-26(36)16-29(45-32(22)24)23-6-5-20(17-37)15-25(23)35/h2-8,15-16,19,21,29,31H,9-14,18H2,1H3,(H,42,43). The Morgan fingerprint density at radius 1 is 1.13 bits per heavy atom. The number of carboxylic acids is 1. The molecule has 2 aromatic heterocycles. The van der Waals surface area contributed by atoms with Gasteiger partial charge in [-0.25, -0.2) is 23.5 Å². The molecule has 1 N–H and O–H groups in total. The van der Waals surface area contributed by atoms with Gasteiger partial charge in [0.1, 0.15) is 40.3 Å². The maximum atomic E-state index is 15.3. The minimum atomic E-state index is -1.09. The number of carboxylic acid groups (broad SMARTS) is 1. The number of nitrogens with zero attached hydrogens (tertiary/aromatic N) is 5. The fraction of sp³-hybridized carbons (Fsp3) is 0.353. The van der Waals surface area contributed by atoms with Crippen LogP contribution < -0.4 is 4.74 Å². The molecule has 0 bridgehead atoms. The molecule has 12 heteroatoms. The van der Waals surface area contributed by atoms with Gasteiger partial charge in [-0.3, -0.25) is 9.47 Å². The Hall–Kier alpha value is -4.31. The second-order valence-corrected chi connectivity index (χ2v) is 13.2. The second-order valence-electron chi connectivity index (χ2n) is 11.7. The molecule has 236 valence electrons. The zero-order valence-corrected chi connectivity index (χ0v) is 25.8. The van der Waals surface area contributed by atoms with E-state index in [2.05, 4.69) is 16.8 Å². The van der Waals surface area contributed by atoms with E-state index >= 15 is 4.39 Å². The highest BCUT2D eigenvalue weighted by molar-refractivity contribution is 7.99. The maximum Gasteiger partial charge on any atom is 0.354 e. The fourth-order valence-electron chi connectivity index (χ4n) is 6.40. The van der Waals surface area contributed by atoms with Gasteiger partial charge in [0.15, 0.2) is 11.3 Å². The van der Waals surface area contributed by atoms with Gasteiger partial charge < -0.3 is 14.6 Å². The van der Waals surface area contributed by atoms with Crippen LogP contribution in [0.25, 0.3) is 17.0 Å². The van der Waals surface area contributed by atoms with Gasteiger partial charge in [-0.1, -0.05) is 18.2 Å². The summed E-state index contributed by atoms with van der Waals surface area (Å²) in [6.45, 7) is 4.86. The third-order valence-corrected chi connectivity index (χ3v) is 10.2. The SMILES string of the molecule is CC(SC1CCO1)n1c(CN2CCC(c3cccc4c3OC(c3ccc(C#N)cc3F)C=C4F)CC2)nc2ccc(C(=O)O)nc21. The highest BCUT2D eigenvalue weighted by atomic mass is 32.2. The molecular formula is C34H31F2N5O4S. The van der Waals surface area contributed by atoms with Crippen molar-refractivity contribution < 1.29 is 28.2 Å². The molecule has 2 aromatic carbocycles. The summed E-state index contributed by atoms with van der Waals surface area (Å²) in [5, 5.41) is 18.6. The van der Waals surface area contributed by atoms with Gasteiger partial charge in [-0.2, -0.15) is 5.26 Å². The van der Waals surface area contributed by atoms with E-state index in [9.17, 15) is 14.3 Å². The highest BCUT2D eigenvalue weighted by Crippen LogP contribution is 2.45. The number of pyridine rings is 1. The molecule has 2 fully saturated rings. The Labute approximate surface area is 268 Å². The Kier molecular flexibility index (Phi) is 8.23. The summed E-state index contributed by atoms with van der Waals surface area (Å²) in [6.07, 6.45) is 2.88. The number of nitriles is 1. The van der Waals surface area contributed by atoms with E-state index in [1.165, 1.54) is 24.3 Å². The van der Waals surface area contributed by atoms with E-state index in [1.54, 1.807) is 23.9 Å². The van der Waals surface area contributed by atoms with E-state index < -0.39 is 23.7 Å². The van der Waals surface area contributed by atoms with Gasteiger partial charge in [-0.15, -0.1) is 11.8 Å². The van der Waals surface area contributed by atoms with E-state index in [4.69, 9.17) is 19.7 Å². The molecule has 3 atom stereocenters. The monoisotopic (exact) mass is 643 g/mol. The molecular weight excluding hydrogens is 612 g/mol. The zero-order chi connectivity index (χ0) is 31.9. The van der Waals surface area contributed by atoms with Crippen LogP contribution in [-0.2, 0) is 11.3 Å². The number of ether oxygens (including phenoxy) is 2. The molecule has 3 unspecified atom stereocenters. The molecule has 2 saturated heterocycles. The first-order valence-corrected chi connectivity index (χ1v) is 16.2. The summed E-state index contributed by atoms with van der Waals surface area (Å²) in [4.78, 5) is 23.3. The van der Waals surface area contributed by atoms with Crippen LogP contribution in [0.15, 0.2) is 54.6 Å². The van der Waals surface area contributed by atoms with Crippen molar-refractivity contribution in [1.82, 2.24) is 19.4 Å². The van der Waals surface area contributed by atoms with Crippen molar-refractivity contribution >= 4 is 34.7 Å². The van der Waals surface area contributed by atoms with Gasteiger partial charge in [0, 0.05) is 12.0 Å². The van der Waals surface area contributed by atoms with E-state index in [0.717, 1.165) is 56.4 Å². The minimum Gasteiger partial charge on any atom is -0.480 e. The first kappa shape index (κ1) is 30.3. The number of imidazole rings is 1. The molecule has 3 aliphatic heterocycles. The first-order chi connectivity index (χ1) is 22.3. The van der Waals surface area contributed by atoms with E-state index in [1.807, 2.05) is 22.8 Å². The van der Waals surface area contributed by atoms with E-state index in [0.29, 0.717) is 29.0 Å². The number of rotatable bonds is 8. The number of piperidine rings is 1. The Bertz CT molecular complexity index is 1890. The quantitative estimate of drug-likeness (QED) is 0.218. The minimum absolute atomic E-state index is 0.0260. The molecule has 4 aromatic rings. The largest absolute Gasteiger partial charge is 0.480 e. The van der Waals surface area contributed by atoms with Crippen LogP contribution in [0.3, 0.4) is 0 Å². The van der Waals surface area contributed by atoms with Gasteiger partial charge in [0.25, 0.3) is 0 Å². The molecule has 5 heterocycles. The van der Waals surface area contributed by atoms with Crippen LogP contribution in [0.4, 0.5) is 8.78 Å². The van der Waals surface area contributed by atoms with Crippen molar-refractivity contribution in [1.29, 1.82) is 5.26 Å². The average molecular weight is 644 g/mol. The number of likely N-dealkylation sites (tertiary alicyclic amines) is 1. The number of thioether (sulfide) groups is 1. The maximum absolute atomic E-state index is 15.3. The van der Waals surface area contributed by atoms with Gasteiger partial charge in [-0.05, 0) is 80.7 Å². The van der Waals surface area contributed by atoms with Gasteiger partial charge in [0.2, 0.25) is 0 Å². The van der Waals surface area contributed by atoms with Crippen LogP contribution in [-0.4, -0.2) is 55.6 Å². The Morgan fingerprint density at radius 3 is 2.63 bits per heavy atom. The highest BCUT2D eigenvalue weighted by Gasteiger charge is 2.32. The number of hydrogen-bond donors (Lipinski definition) is 1. The first-order valence-electron chi connectivity index (χ1n) is 15.3. The van der Waals surface area contributed by atoms with Crippen LogP contribution in [0, 0.1) is 17.1 Å². The number of benzene rings is 2. The molecule has 0 radical (unpaired) electrons. The second kappa shape index (κ2) is 12.5. The normalized spacial score (nSPS) is 20.7.